The minimum absolute atomic E-state index is 0.206. The number of nitrogens with one attached hydrogen (secondary N) is 2. The molecule has 1 aromatic heterocycles. The van der Waals surface area contributed by atoms with E-state index < -0.39 is 17.5 Å². The van der Waals surface area contributed by atoms with E-state index in [9.17, 15) is 13.6 Å². The monoisotopic (exact) mass is 437 g/mol. The number of rotatable bonds is 6. The molecule has 0 atom stereocenters. The molecule has 0 unspecified atom stereocenters. The summed E-state index contributed by atoms with van der Waals surface area (Å²) in [7, 11) is 1.74. The van der Waals surface area contributed by atoms with Crippen LogP contribution in [0.2, 0.25) is 0 Å². The van der Waals surface area contributed by atoms with Crippen LogP contribution in [0.25, 0.3) is 11.1 Å². The van der Waals surface area contributed by atoms with Gasteiger partial charge in [0.2, 0.25) is 0 Å². The lowest BCUT2D eigenvalue weighted by atomic mass is 9.95. The molecule has 1 fully saturated rings. The van der Waals surface area contributed by atoms with Crippen molar-refractivity contribution in [3.8, 4) is 11.1 Å². The molecule has 2 heterocycles. The van der Waals surface area contributed by atoms with Crippen molar-refractivity contribution in [3.05, 3.63) is 71.6 Å². The second-order valence-corrected chi connectivity index (χ2v) is 7.89. The number of piperidine rings is 1. The molecule has 2 N–H and O–H groups in total. The number of aliphatic imine (C=N–C) groups is 1. The van der Waals surface area contributed by atoms with Crippen molar-refractivity contribution >= 4 is 17.8 Å². The minimum atomic E-state index is -1.08. The van der Waals surface area contributed by atoms with Gasteiger partial charge in [-0.15, -0.1) is 0 Å². The fourth-order valence-corrected chi connectivity index (χ4v) is 3.99. The van der Waals surface area contributed by atoms with E-state index in [2.05, 4.69) is 26.6 Å². The molecule has 0 saturated carbocycles. The Morgan fingerprint density at radius 3 is 2.78 bits per heavy atom. The summed E-state index contributed by atoms with van der Waals surface area (Å²) in [4.78, 5) is 18.4. The van der Waals surface area contributed by atoms with Crippen molar-refractivity contribution in [1.29, 1.82) is 0 Å². The number of halogens is 2. The number of aromatic nitrogens is 2. The fraction of sp³-hybridized carbons (Fsp3) is 0.292. The third-order valence-electron chi connectivity index (χ3n) is 5.82. The lowest BCUT2D eigenvalue weighted by Gasteiger charge is -2.32. The largest absolute Gasteiger partial charge is 0.384 e. The van der Waals surface area contributed by atoms with Gasteiger partial charge in [0.25, 0.3) is 5.91 Å². The van der Waals surface area contributed by atoms with Crippen LogP contribution in [0.4, 0.5) is 14.5 Å². The molecule has 3 aromatic rings. The fourth-order valence-electron chi connectivity index (χ4n) is 3.99. The predicted molar refractivity (Wildman–Crippen MR) is 121 cm³/mol. The number of anilines is 1. The van der Waals surface area contributed by atoms with Crippen LogP contribution >= 0.6 is 0 Å². The summed E-state index contributed by atoms with van der Waals surface area (Å²) < 4.78 is 27.4. The Bertz CT molecular complexity index is 1110. The van der Waals surface area contributed by atoms with Crippen molar-refractivity contribution in [1.82, 2.24) is 15.1 Å². The van der Waals surface area contributed by atoms with E-state index in [0.717, 1.165) is 47.8 Å². The van der Waals surface area contributed by atoms with Crippen LogP contribution in [0.1, 0.15) is 28.8 Å². The van der Waals surface area contributed by atoms with Gasteiger partial charge in [-0.1, -0.05) is 12.1 Å². The van der Waals surface area contributed by atoms with E-state index in [1.165, 1.54) is 12.1 Å². The van der Waals surface area contributed by atoms with Gasteiger partial charge in [-0.2, -0.15) is 5.10 Å². The van der Waals surface area contributed by atoms with Crippen molar-refractivity contribution in [2.75, 3.05) is 32.0 Å². The van der Waals surface area contributed by atoms with Crippen LogP contribution in [-0.2, 0) is 0 Å². The first kappa shape index (κ1) is 21.7. The molecule has 1 aliphatic heterocycles. The second-order valence-electron chi connectivity index (χ2n) is 7.89. The molecule has 0 spiro atoms. The molecule has 2 aromatic carbocycles. The zero-order valence-electron chi connectivity index (χ0n) is 17.8. The van der Waals surface area contributed by atoms with E-state index in [4.69, 9.17) is 0 Å². The van der Waals surface area contributed by atoms with Gasteiger partial charge in [-0.25, -0.2) is 8.78 Å². The van der Waals surface area contributed by atoms with Crippen LogP contribution in [0, 0.1) is 17.6 Å². The highest BCUT2D eigenvalue weighted by atomic mass is 19.2. The number of hydrogen-bond acceptors (Lipinski definition) is 4. The molecular formula is C24H25F2N5O. The summed E-state index contributed by atoms with van der Waals surface area (Å²) >= 11 is 0. The Kier molecular flexibility index (Phi) is 6.58. The summed E-state index contributed by atoms with van der Waals surface area (Å²) in [5.74, 6) is -2.16. The number of H-pyrrole nitrogens is 1. The molecule has 8 heteroatoms. The highest BCUT2D eigenvalue weighted by Crippen LogP contribution is 2.26. The van der Waals surface area contributed by atoms with Crippen LogP contribution in [0.3, 0.4) is 0 Å². The quantitative estimate of drug-likeness (QED) is 0.563. The van der Waals surface area contributed by atoms with Crippen molar-refractivity contribution in [3.63, 3.8) is 0 Å². The standard InChI is InChI=1S/C24H25F2N5O/c1-27-13-18-11-17(19-14-29-30-15-19)5-6-22(18)28-12-16-7-9-31(10-8-16)24(32)20-3-2-4-21(25)23(20)26/h2-6,11,13-16,28H,7-10,12H2,1H3,(H,29,30). The molecule has 166 valence electrons. The normalized spacial score (nSPS) is 14.8. The second kappa shape index (κ2) is 9.72. The minimum Gasteiger partial charge on any atom is -0.384 e. The van der Waals surface area contributed by atoms with Crippen LogP contribution < -0.4 is 5.32 Å². The van der Waals surface area contributed by atoms with E-state index in [-0.39, 0.29) is 5.56 Å². The Labute approximate surface area is 185 Å². The Morgan fingerprint density at radius 1 is 1.25 bits per heavy atom. The summed E-state index contributed by atoms with van der Waals surface area (Å²) in [6.45, 7) is 1.79. The molecule has 1 saturated heterocycles. The van der Waals surface area contributed by atoms with Gasteiger partial charge in [-0.05, 0) is 48.6 Å². The first-order valence-electron chi connectivity index (χ1n) is 10.6. The molecule has 1 amide bonds. The van der Waals surface area contributed by atoms with Crippen molar-refractivity contribution in [2.24, 2.45) is 10.9 Å². The smallest absolute Gasteiger partial charge is 0.256 e. The lowest BCUT2D eigenvalue weighted by Crippen LogP contribution is -2.40. The van der Waals surface area contributed by atoms with Gasteiger partial charge in [0.05, 0.1) is 11.8 Å². The number of likely N-dealkylation sites (tertiary alicyclic amines) is 1. The van der Waals surface area contributed by atoms with Crippen molar-refractivity contribution in [2.45, 2.75) is 12.8 Å². The van der Waals surface area contributed by atoms with E-state index >= 15 is 0 Å². The third-order valence-corrected chi connectivity index (χ3v) is 5.82. The van der Waals surface area contributed by atoms with E-state index in [1.54, 1.807) is 18.1 Å². The Morgan fingerprint density at radius 2 is 2.06 bits per heavy atom. The SMILES string of the molecule is CN=Cc1cc(-c2cn[nH]c2)ccc1NCC1CCN(C(=O)c2cccc(F)c2F)CC1. The van der Waals surface area contributed by atoms with Gasteiger partial charge in [0.1, 0.15) is 0 Å². The predicted octanol–water partition coefficient (Wildman–Crippen LogP) is 4.37. The molecule has 4 rings (SSSR count). The van der Waals surface area contributed by atoms with Crippen LogP contribution in [-0.4, -0.2) is 53.9 Å². The summed E-state index contributed by atoms with van der Waals surface area (Å²) in [6, 6.07) is 9.84. The molecule has 6 nitrogen and oxygen atoms in total. The van der Waals surface area contributed by atoms with E-state index in [0.29, 0.717) is 19.0 Å². The number of aromatic amines is 1. The van der Waals surface area contributed by atoms with Gasteiger partial charge in [-0.3, -0.25) is 14.9 Å². The number of nitrogens with zero attached hydrogens (tertiary/aromatic N) is 3. The maximum Gasteiger partial charge on any atom is 0.256 e. The number of carbonyl (C=O) groups excluding carboxylic acids is 1. The van der Waals surface area contributed by atoms with Gasteiger partial charge in [0, 0.05) is 55.9 Å². The maximum atomic E-state index is 14.0. The van der Waals surface area contributed by atoms with Gasteiger partial charge in [0.15, 0.2) is 11.6 Å². The Balaban J connectivity index is 1.36. The molecule has 32 heavy (non-hydrogen) atoms. The molecule has 0 radical (unpaired) electrons. The number of carbonyl (C=O) groups is 1. The summed E-state index contributed by atoms with van der Waals surface area (Å²) in [6.07, 6.45) is 7.03. The molecule has 0 aliphatic carbocycles. The molecular weight excluding hydrogens is 412 g/mol. The van der Waals surface area contributed by atoms with Gasteiger partial charge >= 0.3 is 0 Å². The Hall–Kier alpha value is -3.55. The topological polar surface area (TPSA) is 73.4 Å². The van der Waals surface area contributed by atoms with E-state index in [1.807, 2.05) is 24.5 Å². The first-order chi connectivity index (χ1) is 15.6. The average Bonchev–Trinajstić information content (AvgIpc) is 3.35. The third kappa shape index (κ3) is 4.69. The summed E-state index contributed by atoms with van der Waals surface area (Å²) in [5, 5.41) is 10.3. The number of benzene rings is 2. The zero-order chi connectivity index (χ0) is 22.5. The van der Waals surface area contributed by atoms with Crippen LogP contribution in [0.15, 0.2) is 53.8 Å². The highest BCUT2D eigenvalue weighted by Gasteiger charge is 2.26. The molecule has 0 bridgehead atoms. The zero-order valence-corrected chi connectivity index (χ0v) is 17.8. The van der Waals surface area contributed by atoms with Crippen LogP contribution in [0.5, 0.6) is 0 Å². The summed E-state index contributed by atoms with van der Waals surface area (Å²) in [5.41, 5.74) is 3.83. The van der Waals surface area contributed by atoms with Gasteiger partial charge < -0.3 is 10.2 Å². The first-order valence-corrected chi connectivity index (χ1v) is 10.6. The maximum absolute atomic E-state index is 14.0. The molecule has 1 aliphatic rings. The number of hydrogen-bond donors (Lipinski definition) is 2. The average molecular weight is 437 g/mol. The lowest BCUT2D eigenvalue weighted by molar-refractivity contribution is 0.0689. The highest BCUT2D eigenvalue weighted by molar-refractivity contribution is 5.94. The van der Waals surface area contributed by atoms with Crippen molar-refractivity contribution < 1.29 is 13.6 Å². The number of amides is 1.